The number of hydrogen-bond donors (Lipinski definition) is 2. The highest BCUT2D eigenvalue weighted by Gasteiger charge is 2.19. The van der Waals surface area contributed by atoms with E-state index >= 15 is 0 Å². The molecular formula is C12H17N3O3S. The molecule has 0 unspecified atom stereocenters. The lowest BCUT2D eigenvalue weighted by molar-refractivity contribution is -0.384. The van der Waals surface area contributed by atoms with Crippen molar-refractivity contribution in [1.82, 2.24) is 0 Å². The molecule has 0 fully saturated rings. The van der Waals surface area contributed by atoms with Crippen molar-refractivity contribution in [3.8, 4) is 0 Å². The average Bonchev–Trinajstić information content (AvgIpc) is 2.37. The van der Waals surface area contributed by atoms with Gasteiger partial charge in [-0.3, -0.25) is 14.9 Å². The second kappa shape index (κ2) is 7.10. The van der Waals surface area contributed by atoms with Gasteiger partial charge in [0.05, 0.1) is 11.0 Å². The highest BCUT2D eigenvalue weighted by molar-refractivity contribution is 7.98. The Hall–Kier alpha value is -1.60. The SMILES string of the molecule is CSCC[C@H](N)C(=O)Nc1ccc(C)cc1[N+](=O)[O-]. The van der Waals surface area contributed by atoms with Crippen LogP contribution >= 0.6 is 11.8 Å². The number of nitro groups is 1. The molecule has 0 saturated heterocycles. The molecule has 0 aliphatic rings. The number of nitro benzene ring substituents is 1. The average molecular weight is 283 g/mol. The molecule has 7 heteroatoms. The van der Waals surface area contributed by atoms with E-state index < -0.39 is 16.9 Å². The number of hydrogen-bond acceptors (Lipinski definition) is 5. The number of nitrogens with zero attached hydrogens (tertiary/aromatic N) is 1. The van der Waals surface area contributed by atoms with E-state index in [1.54, 1.807) is 24.8 Å². The van der Waals surface area contributed by atoms with Crippen molar-refractivity contribution in [1.29, 1.82) is 0 Å². The van der Waals surface area contributed by atoms with E-state index in [1.807, 2.05) is 6.26 Å². The summed E-state index contributed by atoms with van der Waals surface area (Å²) < 4.78 is 0. The number of carbonyl (C=O) groups is 1. The van der Waals surface area contributed by atoms with Crippen molar-refractivity contribution in [2.45, 2.75) is 19.4 Å². The first-order valence-corrected chi connectivity index (χ1v) is 7.15. The number of carbonyl (C=O) groups excluding carboxylic acids is 1. The standard InChI is InChI=1S/C12H17N3O3S/c1-8-3-4-10(11(7-8)15(17)18)14-12(16)9(13)5-6-19-2/h3-4,7,9H,5-6,13H2,1-2H3,(H,14,16)/t9-/m0/s1. The zero-order chi connectivity index (χ0) is 14.4. The molecular weight excluding hydrogens is 266 g/mol. The van der Waals surface area contributed by atoms with E-state index in [0.717, 1.165) is 11.3 Å². The summed E-state index contributed by atoms with van der Waals surface area (Å²) >= 11 is 1.60. The molecule has 1 atom stereocenters. The lowest BCUT2D eigenvalue weighted by Crippen LogP contribution is -2.36. The molecule has 1 rings (SSSR count). The lowest BCUT2D eigenvalue weighted by atomic mass is 10.1. The van der Waals surface area contributed by atoms with Gasteiger partial charge in [0.15, 0.2) is 0 Å². The first kappa shape index (κ1) is 15.5. The molecule has 6 nitrogen and oxygen atoms in total. The van der Waals surface area contributed by atoms with Crippen molar-refractivity contribution in [2.24, 2.45) is 5.73 Å². The zero-order valence-electron chi connectivity index (χ0n) is 10.9. The molecule has 0 aromatic heterocycles. The Morgan fingerprint density at radius 3 is 2.84 bits per heavy atom. The van der Waals surface area contributed by atoms with Gasteiger partial charge in [0.2, 0.25) is 5.91 Å². The molecule has 104 valence electrons. The highest BCUT2D eigenvalue weighted by atomic mass is 32.2. The van der Waals surface area contributed by atoms with Gasteiger partial charge in [-0.05, 0) is 37.0 Å². The maximum absolute atomic E-state index is 11.8. The Bertz CT molecular complexity index is 479. The molecule has 1 amide bonds. The summed E-state index contributed by atoms with van der Waals surface area (Å²) in [7, 11) is 0. The van der Waals surface area contributed by atoms with E-state index in [-0.39, 0.29) is 11.4 Å². The summed E-state index contributed by atoms with van der Waals surface area (Å²) in [5.74, 6) is 0.367. The second-order valence-corrected chi connectivity index (χ2v) is 5.14. The molecule has 0 radical (unpaired) electrons. The molecule has 0 aliphatic carbocycles. The number of rotatable bonds is 6. The van der Waals surface area contributed by atoms with Crippen LogP contribution in [0.3, 0.4) is 0 Å². The quantitative estimate of drug-likeness (QED) is 0.614. The van der Waals surface area contributed by atoms with Gasteiger partial charge in [-0.1, -0.05) is 6.07 Å². The summed E-state index contributed by atoms with van der Waals surface area (Å²) in [5.41, 5.74) is 6.53. The minimum Gasteiger partial charge on any atom is -0.320 e. The lowest BCUT2D eigenvalue weighted by Gasteiger charge is -2.12. The van der Waals surface area contributed by atoms with Gasteiger partial charge in [-0.15, -0.1) is 0 Å². The van der Waals surface area contributed by atoms with E-state index in [0.29, 0.717) is 6.42 Å². The molecule has 0 bridgehead atoms. The van der Waals surface area contributed by atoms with Crippen molar-refractivity contribution in [2.75, 3.05) is 17.3 Å². The second-order valence-electron chi connectivity index (χ2n) is 4.15. The monoisotopic (exact) mass is 283 g/mol. The van der Waals surface area contributed by atoms with Crippen LogP contribution in [-0.4, -0.2) is 28.9 Å². The summed E-state index contributed by atoms with van der Waals surface area (Å²) in [4.78, 5) is 22.2. The van der Waals surface area contributed by atoms with Gasteiger partial charge in [0.1, 0.15) is 5.69 Å². The Morgan fingerprint density at radius 2 is 2.26 bits per heavy atom. The van der Waals surface area contributed by atoms with Crippen molar-refractivity contribution < 1.29 is 9.72 Å². The van der Waals surface area contributed by atoms with Crippen LogP contribution < -0.4 is 11.1 Å². The Kier molecular flexibility index (Phi) is 5.78. The molecule has 0 aliphatic heterocycles. The first-order chi connectivity index (χ1) is 8.95. The Morgan fingerprint density at radius 1 is 1.58 bits per heavy atom. The fraction of sp³-hybridized carbons (Fsp3) is 0.417. The minimum atomic E-state index is -0.659. The van der Waals surface area contributed by atoms with E-state index in [9.17, 15) is 14.9 Å². The highest BCUT2D eigenvalue weighted by Crippen LogP contribution is 2.25. The van der Waals surface area contributed by atoms with Crippen LogP contribution in [0.1, 0.15) is 12.0 Å². The number of amides is 1. The Labute approximate surface area is 115 Å². The maximum Gasteiger partial charge on any atom is 0.293 e. The van der Waals surface area contributed by atoms with Crippen LogP contribution in [0, 0.1) is 17.0 Å². The number of aryl methyl sites for hydroxylation is 1. The maximum atomic E-state index is 11.8. The molecule has 0 saturated carbocycles. The van der Waals surface area contributed by atoms with Crippen molar-refractivity contribution >= 4 is 29.0 Å². The third kappa shape index (κ3) is 4.53. The van der Waals surface area contributed by atoms with Gasteiger partial charge in [0, 0.05) is 6.07 Å². The van der Waals surface area contributed by atoms with Gasteiger partial charge < -0.3 is 11.1 Å². The third-order valence-electron chi connectivity index (χ3n) is 2.58. The Balaban J connectivity index is 2.81. The normalized spacial score (nSPS) is 11.9. The van der Waals surface area contributed by atoms with Crippen LogP contribution in [0.4, 0.5) is 11.4 Å². The predicted octanol–water partition coefficient (Wildman–Crippen LogP) is 1.92. The third-order valence-corrected chi connectivity index (χ3v) is 3.22. The van der Waals surface area contributed by atoms with E-state index in [4.69, 9.17) is 5.73 Å². The van der Waals surface area contributed by atoms with Crippen LogP contribution in [0.25, 0.3) is 0 Å². The van der Waals surface area contributed by atoms with Crippen LogP contribution in [0.5, 0.6) is 0 Å². The van der Waals surface area contributed by atoms with E-state index in [1.165, 1.54) is 12.1 Å². The number of thioether (sulfide) groups is 1. The summed E-state index contributed by atoms with van der Waals surface area (Å²) in [6, 6.07) is 3.99. The summed E-state index contributed by atoms with van der Waals surface area (Å²) in [5, 5.41) is 13.4. The minimum absolute atomic E-state index is 0.120. The number of nitrogens with two attached hydrogens (primary N) is 1. The summed E-state index contributed by atoms with van der Waals surface area (Å²) in [6.45, 7) is 1.75. The van der Waals surface area contributed by atoms with E-state index in [2.05, 4.69) is 5.32 Å². The molecule has 19 heavy (non-hydrogen) atoms. The molecule has 1 aromatic rings. The fourth-order valence-electron chi connectivity index (χ4n) is 1.50. The van der Waals surface area contributed by atoms with Crippen molar-refractivity contribution in [3.63, 3.8) is 0 Å². The molecule has 0 heterocycles. The first-order valence-electron chi connectivity index (χ1n) is 5.76. The number of anilines is 1. The van der Waals surface area contributed by atoms with Crippen LogP contribution in [-0.2, 0) is 4.79 Å². The topological polar surface area (TPSA) is 98.3 Å². The number of benzene rings is 1. The smallest absolute Gasteiger partial charge is 0.293 e. The van der Waals surface area contributed by atoms with Gasteiger partial charge in [0.25, 0.3) is 5.69 Å². The molecule has 3 N–H and O–H groups in total. The predicted molar refractivity (Wildman–Crippen MR) is 77.4 cm³/mol. The summed E-state index contributed by atoms with van der Waals surface area (Å²) in [6.07, 6.45) is 2.46. The number of nitrogens with one attached hydrogen (secondary N) is 1. The fourth-order valence-corrected chi connectivity index (χ4v) is 1.99. The molecule has 0 spiro atoms. The van der Waals surface area contributed by atoms with Gasteiger partial charge >= 0.3 is 0 Å². The largest absolute Gasteiger partial charge is 0.320 e. The zero-order valence-corrected chi connectivity index (χ0v) is 11.7. The molecule has 1 aromatic carbocycles. The van der Waals surface area contributed by atoms with Crippen LogP contribution in [0.15, 0.2) is 18.2 Å². The van der Waals surface area contributed by atoms with Crippen LogP contribution in [0.2, 0.25) is 0 Å². The van der Waals surface area contributed by atoms with Gasteiger partial charge in [-0.2, -0.15) is 11.8 Å². The van der Waals surface area contributed by atoms with Gasteiger partial charge in [-0.25, -0.2) is 0 Å². The van der Waals surface area contributed by atoms with Crippen molar-refractivity contribution in [3.05, 3.63) is 33.9 Å².